The lowest BCUT2D eigenvalue weighted by atomic mass is 10.2. The van der Waals surface area contributed by atoms with E-state index in [1.54, 1.807) is 42.1 Å². The number of anilines is 2. The number of rotatable bonds is 2. The fourth-order valence-electron chi connectivity index (χ4n) is 2.53. The molecule has 0 bridgehead atoms. The molecule has 3 aromatic rings. The van der Waals surface area contributed by atoms with Crippen LogP contribution in [0.3, 0.4) is 0 Å². The van der Waals surface area contributed by atoms with Crippen LogP contribution in [-0.4, -0.2) is 8.42 Å². The van der Waals surface area contributed by atoms with Crippen LogP contribution >= 0.6 is 23.4 Å². The van der Waals surface area contributed by atoms with Crippen LogP contribution in [0.2, 0.25) is 5.02 Å². The molecule has 0 fully saturated rings. The lowest BCUT2D eigenvalue weighted by molar-refractivity contribution is 0.596. The number of halogens is 1. The average Bonchev–Trinajstić information content (AvgIpc) is 2.59. The van der Waals surface area contributed by atoms with Gasteiger partial charge in [-0.25, -0.2) is 8.42 Å². The molecule has 1 aliphatic rings. The summed E-state index contributed by atoms with van der Waals surface area (Å²) < 4.78 is 25.6. The molecule has 1 N–H and O–H groups in total. The molecule has 0 atom stereocenters. The number of sulfone groups is 1. The van der Waals surface area contributed by atoms with Gasteiger partial charge in [0, 0.05) is 14.8 Å². The van der Waals surface area contributed by atoms with Gasteiger partial charge in [0.1, 0.15) is 0 Å². The summed E-state index contributed by atoms with van der Waals surface area (Å²) in [5, 5.41) is 3.84. The van der Waals surface area contributed by atoms with Gasteiger partial charge in [0.2, 0.25) is 9.84 Å². The molecule has 0 spiro atoms. The van der Waals surface area contributed by atoms with Gasteiger partial charge in [0.05, 0.1) is 21.2 Å². The van der Waals surface area contributed by atoms with E-state index >= 15 is 0 Å². The standard InChI is InChI=1S/C18H12ClNO2S2/c19-12-5-7-13(8-6-12)24(21,22)14-9-10-16-18(11-14)23-17-4-2-1-3-15(17)20-16/h1-11,20H. The third-order valence-corrected chi connectivity index (χ3v) is 6.92. The highest BCUT2D eigenvalue weighted by molar-refractivity contribution is 7.99. The molecule has 1 aliphatic heterocycles. The highest BCUT2D eigenvalue weighted by Crippen LogP contribution is 2.44. The summed E-state index contributed by atoms with van der Waals surface area (Å²) >= 11 is 7.41. The third kappa shape index (κ3) is 2.69. The van der Waals surface area contributed by atoms with Crippen LogP contribution in [0.4, 0.5) is 11.4 Å². The molecule has 0 unspecified atom stereocenters. The summed E-state index contributed by atoms with van der Waals surface area (Å²) in [5.74, 6) is 0. The number of hydrogen-bond acceptors (Lipinski definition) is 4. The zero-order chi connectivity index (χ0) is 16.7. The van der Waals surface area contributed by atoms with Gasteiger partial charge in [0.25, 0.3) is 0 Å². The lowest BCUT2D eigenvalue weighted by Gasteiger charge is -2.21. The Morgan fingerprint density at radius 3 is 2.25 bits per heavy atom. The fraction of sp³-hybridized carbons (Fsp3) is 0. The normalized spacial score (nSPS) is 12.9. The van der Waals surface area contributed by atoms with Gasteiger partial charge < -0.3 is 5.32 Å². The number of para-hydroxylation sites is 1. The maximum Gasteiger partial charge on any atom is 0.206 e. The molecular formula is C18H12ClNO2S2. The zero-order valence-corrected chi connectivity index (χ0v) is 14.8. The summed E-state index contributed by atoms with van der Waals surface area (Å²) in [4.78, 5) is 2.48. The molecule has 120 valence electrons. The van der Waals surface area contributed by atoms with Crippen molar-refractivity contribution < 1.29 is 8.42 Å². The van der Waals surface area contributed by atoms with Crippen molar-refractivity contribution in [2.24, 2.45) is 0 Å². The minimum absolute atomic E-state index is 0.237. The van der Waals surface area contributed by atoms with Crippen molar-refractivity contribution in [3.05, 3.63) is 71.8 Å². The second-order valence-electron chi connectivity index (χ2n) is 5.34. The smallest absolute Gasteiger partial charge is 0.206 e. The summed E-state index contributed by atoms with van der Waals surface area (Å²) in [6, 6.07) is 19.3. The van der Waals surface area contributed by atoms with Crippen molar-refractivity contribution >= 4 is 44.6 Å². The molecule has 3 nitrogen and oxygen atoms in total. The van der Waals surface area contributed by atoms with Gasteiger partial charge in [-0.15, -0.1) is 0 Å². The molecule has 0 saturated heterocycles. The highest BCUT2D eigenvalue weighted by Gasteiger charge is 2.21. The predicted octanol–water partition coefficient (Wildman–Crippen LogP) is 5.38. The molecule has 3 aromatic carbocycles. The Balaban J connectivity index is 1.75. The van der Waals surface area contributed by atoms with Crippen LogP contribution in [0, 0.1) is 0 Å². The Labute approximate surface area is 149 Å². The Morgan fingerprint density at radius 2 is 1.46 bits per heavy atom. The number of nitrogens with one attached hydrogen (secondary N) is 1. The summed E-state index contributed by atoms with van der Waals surface area (Å²) in [6.45, 7) is 0. The molecule has 1 heterocycles. The van der Waals surface area contributed by atoms with E-state index < -0.39 is 9.84 Å². The number of hydrogen-bond donors (Lipinski definition) is 1. The van der Waals surface area contributed by atoms with Crippen molar-refractivity contribution in [1.29, 1.82) is 0 Å². The summed E-state index contributed by atoms with van der Waals surface area (Å²) in [6.07, 6.45) is 0. The molecule has 0 aliphatic carbocycles. The highest BCUT2D eigenvalue weighted by atomic mass is 35.5. The minimum atomic E-state index is -3.57. The van der Waals surface area contributed by atoms with E-state index in [-0.39, 0.29) is 9.79 Å². The van der Waals surface area contributed by atoms with E-state index in [2.05, 4.69) is 5.32 Å². The van der Waals surface area contributed by atoms with E-state index in [9.17, 15) is 8.42 Å². The topological polar surface area (TPSA) is 46.2 Å². The summed E-state index contributed by atoms with van der Waals surface area (Å²) in [7, 11) is -3.57. The van der Waals surface area contributed by atoms with E-state index in [0.29, 0.717) is 5.02 Å². The Morgan fingerprint density at radius 1 is 0.792 bits per heavy atom. The molecule has 0 aromatic heterocycles. The van der Waals surface area contributed by atoms with Crippen molar-refractivity contribution in [2.75, 3.05) is 5.32 Å². The monoisotopic (exact) mass is 373 g/mol. The van der Waals surface area contributed by atoms with Gasteiger partial charge in [-0.1, -0.05) is 35.5 Å². The first-order chi connectivity index (χ1) is 11.5. The van der Waals surface area contributed by atoms with Gasteiger partial charge in [-0.2, -0.15) is 0 Å². The summed E-state index contributed by atoms with van der Waals surface area (Å²) in [5.41, 5.74) is 1.94. The van der Waals surface area contributed by atoms with Crippen LogP contribution < -0.4 is 5.32 Å². The second-order valence-corrected chi connectivity index (χ2v) is 8.81. The maximum atomic E-state index is 12.8. The van der Waals surface area contributed by atoms with E-state index in [1.807, 2.05) is 24.3 Å². The van der Waals surface area contributed by atoms with Crippen LogP contribution in [-0.2, 0) is 9.84 Å². The Kier molecular flexibility index (Phi) is 3.79. The van der Waals surface area contributed by atoms with Crippen LogP contribution in [0.15, 0.2) is 86.3 Å². The lowest BCUT2D eigenvalue weighted by Crippen LogP contribution is -2.04. The van der Waals surface area contributed by atoms with Gasteiger partial charge in [-0.05, 0) is 54.6 Å². The first-order valence-corrected chi connectivity index (χ1v) is 9.90. The van der Waals surface area contributed by atoms with Crippen molar-refractivity contribution in [3.8, 4) is 0 Å². The Hall–Kier alpha value is -1.95. The van der Waals surface area contributed by atoms with Gasteiger partial charge >= 0.3 is 0 Å². The van der Waals surface area contributed by atoms with E-state index in [4.69, 9.17) is 11.6 Å². The van der Waals surface area contributed by atoms with Crippen molar-refractivity contribution in [1.82, 2.24) is 0 Å². The molecule has 24 heavy (non-hydrogen) atoms. The quantitative estimate of drug-likeness (QED) is 0.512. The fourth-order valence-corrected chi connectivity index (χ4v) is 5.04. The molecule has 0 saturated carbocycles. The largest absolute Gasteiger partial charge is 0.354 e. The molecule has 4 rings (SSSR count). The third-order valence-electron chi connectivity index (χ3n) is 3.76. The van der Waals surface area contributed by atoms with Crippen LogP contribution in [0.1, 0.15) is 0 Å². The SMILES string of the molecule is O=S(=O)(c1ccc(Cl)cc1)c1ccc2c(c1)Sc1ccccc1N2. The van der Waals surface area contributed by atoms with Crippen LogP contribution in [0.25, 0.3) is 0 Å². The Bertz CT molecular complexity index is 1030. The first-order valence-electron chi connectivity index (χ1n) is 7.23. The second kappa shape index (κ2) is 5.84. The van der Waals surface area contributed by atoms with E-state index in [0.717, 1.165) is 21.2 Å². The molecular weight excluding hydrogens is 362 g/mol. The molecule has 0 amide bonds. The van der Waals surface area contributed by atoms with Crippen LogP contribution in [0.5, 0.6) is 0 Å². The minimum Gasteiger partial charge on any atom is -0.354 e. The van der Waals surface area contributed by atoms with Gasteiger partial charge in [-0.3, -0.25) is 0 Å². The first kappa shape index (κ1) is 15.6. The number of benzene rings is 3. The zero-order valence-electron chi connectivity index (χ0n) is 12.4. The predicted molar refractivity (Wildman–Crippen MR) is 97.2 cm³/mol. The maximum absolute atomic E-state index is 12.8. The van der Waals surface area contributed by atoms with Gasteiger partial charge in [0.15, 0.2) is 0 Å². The molecule has 6 heteroatoms. The number of fused-ring (bicyclic) bond motifs is 2. The molecule has 0 radical (unpaired) electrons. The van der Waals surface area contributed by atoms with Crippen molar-refractivity contribution in [3.63, 3.8) is 0 Å². The van der Waals surface area contributed by atoms with Crippen molar-refractivity contribution in [2.45, 2.75) is 19.6 Å². The average molecular weight is 374 g/mol. The van der Waals surface area contributed by atoms with E-state index in [1.165, 1.54) is 12.1 Å².